The molecule has 5 nitrogen and oxygen atoms in total. The highest BCUT2D eigenvalue weighted by molar-refractivity contribution is 9.10. The first-order valence-corrected chi connectivity index (χ1v) is 8.08. The van der Waals surface area contributed by atoms with Crippen LogP contribution < -0.4 is 0 Å². The third-order valence-electron chi connectivity index (χ3n) is 3.44. The number of amides is 1. The summed E-state index contributed by atoms with van der Waals surface area (Å²) in [7, 11) is 0. The SMILES string of the molecule is CSc1ncc(Br)c(C(=O)N2CC[C@H](C)[C@H]2CO)n1. The highest BCUT2D eigenvalue weighted by Gasteiger charge is 2.35. The van der Waals surface area contributed by atoms with E-state index in [0.29, 0.717) is 27.8 Å². The molecule has 1 aromatic rings. The van der Waals surface area contributed by atoms with Gasteiger partial charge in [-0.1, -0.05) is 18.7 Å². The molecule has 2 atom stereocenters. The van der Waals surface area contributed by atoms with Crippen LogP contribution in [0.4, 0.5) is 0 Å². The summed E-state index contributed by atoms with van der Waals surface area (Å²) in [6.07, 6.45) is 4.38. The Kier molecular flexibility index (Phi) is 4.81. The monoisotopic (exact) mass is 345 g/mol. The zero-order valence-electron chi connectivity index (χ0n) is 10.8. The lowest BCUT2D eigenvalue weighted by Crippen LogP contribution is -2.40. The maximum absolute atomic E-state index is 12.5. The van der Waals surface area contributed by atoms with Gasteiger partial charge in [-0.3, -0.25) is 4.79 Å². The molecule has 1 saturated heterocycles. The van der Waals surface area contributed by atoms with Gasteiger partial charge in [0, 0.05) is 12.7 Å². The number of hydrogen-bond acceptors (Lipinski definition) is 5. The molecule has 1 aliphatic heterocycles. The molecule has 0 saturated carbocycles. The molecule has 1 aromatic heterocycles. The second kappa shape index (κ2) is 6.19. The van der Waals surface area contributed by atoms with E-state index in [1.54, 1.807) is 11.1 Å². The van der Waals surface area contributed by atoms with Crippen molar-refractivity contribution in [3.05, 3.63) is 16.4 Å². The van der Waals surface area contributed by atoms with Crippen molar-refractivity contribution in [3.63, 3.8) is 0 Å². The molecule has 0 aromatic carbocycles. The first-order valence-electron chi connectivity index (χ1n) is 6.06. The van der Waals surface area contributed by atoms with Gasteiger partial charge in [-0.05, 0) is 34.5 Å². The van der Waals surface area contributed by atoms with E-state index in [4.69, 9.17) is 0 Å². The van der Waals surface area contributed by atoms with Crippen LogP contribution in [0.3, 0.4) is 0 Å². The van der Waals surface area contributed by atoms with Crippen LogP contribution in [0.2, 0.25) is 0 Å². The molecule has 0 bridgehead atoms. The van der Waals surface area contributed by atoms with Gasteiger partial charge < -0.3 is 10.0 Å². The van der Waals surface area contributed by atoms with Gasteiger partial charge in [-0.15, -0.1) is 0 Å². The normalized spacial score (nSPS) is 22.8. The topological polar surface area (TPSA) is 66.3 Å². The highest BCUT2D eigenvalue weighted by Crippen LogP contribution is 2.27. The lowest BCUT2D eigenvalue weighted by atomic mass is 10.0. The molecule has 7 heteroatoms. The largest absolute Gasteiger partial charge is 0.394 e. The van der Waals surface area contributed by atoms with Gasteiger partial charge >= 0.3 is 0 Å². The number of rotatable bonds is 3. The second-order valence-corrected chi connectivity index (χ2v) is 6.20. The van der Waals surface area contributed by atoms with E-state index in [-0.39, 0.29) is 18.6 Å². The minimum Gasteiger partial charge on any atom is -0.394 e. The molecular weight excluding hydrogens is 330 g/mol. The van der Waals surface area contributed by atoms with Crippen LogP contribution in [0, 0.1) is 5.92 Å². The first-order chi connectivity index (χ1) is 9.08. The molecule has 0 unspecified atom stereocenters. The van der Waals surface area contributed by atoms with Crippen molar-refractivity contribution in [2.24, 2.45) is 5.92 Å². The van der Waals surface area contributed by atoms with E-state index >= 15 is 0 Å². The van der Waals surface area contributed by atoms with E-state index in [1.807, 2.05) is 6.26 Å². The van der Waals surface area contributed by atoms with Gasteiger partial charge in [0.2, 0.25) is 0 Å². The number of aromatic nitrogens is 2. The third-order valence-corrected chi connectivity index (χ3v) is 4.58. The molecule has 1 N–H and O–H groups in total. The molecule has 1 fully saturated rings. The minimum absolute atomic E-state index is 0.00893. The average molecular weight is 346 g/mol. The van der Waals surface area contributed by atoms with E-state index in [9.17, 15) is 9.90 Å². The fourth-order valence-corrected chi connectivity index (χ4v) is 2.98. The molecule has 1 amide bonds. The number of nitrogens with zero attached hydrogens (tertiary/aromatic N) is 3. The van der Waals surface area contributed by atoms with Gasteiger partial charge in [-0.25, -0.2) is 9.97 Å². The van der Waals surface area contributed by atoms with Gasteiger partial charge in [0.05, 0.1) is 17.1 Å². The summed E-state index contributed by atoms with van der Waals surface area (Å²) in [6, 6.07) is -0.118. The van der Waals surface area contributed by atoms with E-state index in [1.165, 1.54) is 11.8 Å². The second-order valence-electron chi connectivity index (χ2n) is 4.57. The smallest absolute Gasteiger partial charge is 0.274 e. The number of thioether (sulfide) groups is 1. The molecular formula is C12H16BrN3O2S. The number of hydrogen-bond donors (Lipinski definition) is 1. The molecule has 2 heterocycles. The summed E-state index contributed by atoms with van der Waals surface area (Å²) in [4.78, 5) is 22.6. The lowest BCUT2D eigenvalue weighted by Gasteiger charge is -2.25. The Labute approximate surface area is 124 Å². The zero-order valence-corrected chi connectivity index (χ0v) is 13.2. The lowest BCUT2D eigenvalue weighted by molar-refractivity contribution is 0.0640. The maximum atomic E-state index is 12.5. The van der Waals surface area contributed by atoms with Crippen LogP contribution in [0.5, 0.6) is 0 Å². The summed E-state index contributed by atoms with van der Waals surface area (Å²) in [5, 5.41) is 10.00. The molecule has 104 valence electrons. The number of carbonyl (C=O) groups is 1. The van der Waals surface area contributed by atoms with Crippen LogP contribution in [-0.4, -0.2) is 51.3 Å². The van der Waals surface area contributed by atoms with Crippen molar-refractivity contribution >= 4 is 33.6 Å². The van der Waals surface area contributed by atoms with E-state index < -0.39 is 0 Å². The standard InChI is InChI=1S/C12H16BrN3O2S/c1-7-3-4-16(9(7)6-17)11(18)10-8(13)5-14-12(15-10)19-2/h5,7,9,17H,3-4,6H2,1-2H3/t7-,9+/m0/s1. The molecule has 1 aliphatic rings. The Hall–Kier alpha value is -0.660. The molecule has 0 spiro atoms. The Bertz CT molecular complexity index is 486. The van der Waals surface area contributed by atoms with Crippen LogP contribution >= 0.6 is 27.7 Å². The third kappa shape index (κ3) is 2.93. The fourth-order valence-electron chi connectivity index (χ4n) is 2.27. The van der Waals surface area contributed by atoms with Crippen molar-refractivity contribution < 1.29 is 9.90 Å². The highest BCUT2D eigenvalue weighted by atomic mass is 79.9. The summed E-state index contributed by atoms with van der Waals surface area (Å²) < 4.78 is 0.589. The number of likely N-dealkylation sites (tertiary alicyclic amines) is 1. The summed E-state index contributed by atoms with van der Waals surface area (Å²) in [5.41, 5.74) is 0.368. The number of aliphatic hydroxyl groups excluding tert-OH is 1. The van der Waals surface area contributed by atoms with Crippen molar-refractivity contribution in [1.82, 2.24) is 14.9 Å². The van der Waals surface area contributed by atoms with Crippen LogP contribution in [-0.2, 0) is 0 Å². The molecule has 19 heavy (non-hydrogen) atoms. The molecule has 0 aliphatic carbocycles. The fraction of sp³-hybridized carbons (Fsp3) is 0.583. The Morgan fingerprint density at radius 3 is 3.05 bits per heavy atom. The number of halogens is 1. The predicted molar refractivity (Wildman–Crippen MR) is 77.2 cm³/mol. The van der Waals surface area contributed by atoms with E-state index in [0.717, 1.165) is 6.42 Å². The minimum atomic E-state index is -0.145. The summed E-state index contributed by atoms with van der Waals surface area (Å²) in [5.74, 6) is 0.169. The maximum Gasteiger partial charge on any atom is 0.274 e. The van der Waals surface area contributed by atoms with Crippen molar-refractivity contribution in [2.45, 2.75) is 24.5 Å². The van der Waals surface area contributed by atoms with Crippen molar-refractivity contribution in [1.29, 1.82) is 0 Å². The van der Waals surface area contributed by atoms with Crippen molar-refractivity contribution in [3.8, 4) is 0 Å². The van der Waals surface area contributed by atoms with Crippen LogP contribution in [0.1, 0.15) is 23.8 Å². The Balaban J connectivity index is 2.29. The zero-order chi connectivity index (χ0) is 14.0. The van der Waals surface area contributed by atoms with E-state index in [2.05, 4.69) is 32.8 Å². The van der Waals surface area contributed by atoms with Gasteiger partial charge in [0.15, 0.2) is 5.16 Å². The number of carbonyl (C=O) groups excluding carboxylic acids is 1. The van der Waals surface area contributed by atoms with Crippen LogP contribution in [0.15, 0.2) is 15.8 Å². The van der Waals surface area contributed by atoms with Gasteiger partial charge in [0.1, 0.15) is 5.69 Å². The summed E-state index contributed by atoms with van der Waals surface area (Å²) in [6.45, 7) is 2.71. The van der Waals surface area contributed by atoms with Gasteiger partial charge in [-0.2, -0.15) is 0 Å². The Morgan fingerprint density at radius 1 is 1.68 bits per heavy atom. The summed E-state index contributed by atoms with van der Waals surface area (Å²) >= 11 is 4.72. The average Bonchev–Trinajstić information content (AvgIpc) is 2.79. The molecule has 2 rings (SSSR count). The predicted octanol–water partition coefficient (Wildman–Crippen LogP) is 1.80. The van der Waals surface area contributed by atoms with Gasteiger partial charge in [0.25, 0.3) is 5.91 Å². The Morgan fingerprint density at radius 2 is 2.42 bits per heavy atom. The quantitative estimate of drug-likeness (QED) is 0.668. The van der Waals surface area contributed by atoms with Crippen molar-refractivity contribution in [2.75, 3.05) is 19.4 Å². The first kappa shape index (κ1) is 14.7. The van der Waals surface area contributed by atoms with Crippen LogP contribution in [0.25, 0.3) is 0 Å². The number of aliphatic hydroxyl groups is 1. The molecule has 0 radical (unpaired) electrons.